The van der Waals surface area contributed by atoms with Crippen molar-refractivity contribution in [2.24, 2.45) is 5.92 Å². The molecule has 0 spiro atoms. The molecule has 1 saturated heterocycles. The van der Waals surface area contributed by atoms with Gasteiger partial charge in [-0.25, -0.2) is 4.79 Å². The fourth-order valence-corrected chi connectivity index (χ4v) is 2.99. The summed E-state index contributed by atoms with van der Waals surface area (Å²) in [6, 6.07) is -0.607. The Hall–Kier alpha value is -0.950. The number of rotatable bonds is 5. The van der Waals surface area contributed by atoms with E-state index in [-0.39, 0.29) is 30.0 Å². The molecule has 108 valence electrons. The first-order valence-corrected chi connectivity index (χ1v) is 7.58. The van der Waals surface area contributed by atoms with Crippen LogP contribution in [0.1, 0.15) is 12.8 Å². The van der Waals surface area contributed by atoms with Crippen LogP contribution >= 0.6 is 11.8 Å². The van der Waals surface area contributed by atoms with Crippen LogP contribution in [0.15, 0.2) is 0 Å². The predicted molar refractivity (Wildman–Crippen MR) is 72.4 cm³/mol. The summed E-state index contributed by atoms with van der Waals surface area (Å²) in [4.78, 5) is 24.6. The van der Waals surface area contributed by atoms with Gasteiger partial charge in [0.15, 0.2) is 0 Å². The number of carbonyl (C=O) groups is 2. The highest BCUT2D eigenvalue weighted by Gasteiger charge is 2.43. The number of thioether (sulfide) groups is 1. The number of likely N-dealkylation sites (N-methyl/N-ethyl adjacent to an activating group) is 1. The summed E-state index contributed by atoms with van der Waals surface area (Å²) >= 11 is 1.78. The van der Waals surface area contributed by atoms with E-state index < -0.39 is 11.9 Å². The topological polar surface area (TPSA) is 78.9 Å². The minimum atomic E-state index is -0.912. The zero-order valence-corrected chi connectivity index (χ0v) is 12.0. The molecule has 0 bridgehead atoms. The number of nitrogens with one attached hydrogen (secondary N) is 1. The van der Waals surface area contributed by atoms with Crippen molar-refractivity contribution in [2.75, 3.05) is 33.1 Å². The summed E-state index contributed by atoms with van der Waals surface area (Å²) in [5.74, 6) is -1.55. The molecule has 7 heteroatoms. The quantitative estimate of drug-likeness (QED) is 0.775. The Labute approximate surface area is 116 Å². The first-order chi connectivity index (χ1) is 8.99. The number of carbonyl (C=O) groups excluding carboxylic acids is 1. The zero-order chi connectivity index (χ0) is 14.0. The fourth-order valence-electron chi connectivity index (χ4n) is 2.27. The van der Waals surface area contributed by atoms with Crippen molar-refractivity contribution in [3.8, 4) is 0 Å². The Kier molecular flexibility index (Phi) is 4.25. The normalized spacial score (nSPS) is 27.9. The van der Waals surface area contributed by atoms with E-state index in [1.807, 2.05) is 6.26 Å². The Morgan fingerprint density at radius 3 is 2.68 bits per heavy atom. The third-order valence-electron chi connectivity index (χ3n) is 3.99. The summed E-state index contributed by atoms with van der Waals surface area (Å²) < 4.78 is 5.38. The van der Waals surface area contributed by atoms with Crippen molar-refractivity contribution in [3.05, 3.63) is 0 Å². The summed E-state index contributed by atoms with van der Waals surface area (Å²) in [5.41, 5.74) is 0. The molecule has 2 amide bonds. The van der Waals surface area contributed by atoms with Crippen LogP contribution in [0.5, 0.6) is 0 Å². The molecule has 1 heterocycles. The van der Waals surface area contributed by atoms with Crippen molar-refractivity contribution in [3.63, 3.8) is 0 Å². The number of ether oxygens (including phenoxy) is 1. The van der Waals surface area contributed by atoms with Gasteiger partial charge < -0.3 is 20.1 Å². The third-order valence-corrected chi connectivity index (χ3v) is 5.41. The van der Waals surface area contributed by atoms with E-state index in [9.17, 15) is 9.59 Å². The lowest BCUT2D eigenvalue weighted by atomic mass is 10.0. The monoisotopic (exact) mass is 288 g/mol. The fraction of sp³-hybridized carbons (Fsp3) is 0.833. The van der Waals surface area contributed by atoms with Gasteiger partial charge in [0.25, 0.3) is 0 Å². The van der Waals surface area contributed by atoms with Gasteiger partial charge in [0, 0.05) is 18.3 Å². The highest BCUT2D eigenvalue weighted by Crippen LogP contribution is 2.46. The molecule has 1 aliphatic carbocycles. The molecule has 2 fully saturated rings. The largest absolute Gasteiger partial charge is 0.481 e. The van der Waals surface area contributed by atoms with Crippen LogP contribution in [-0.4, -0.2) is 65.9 Å². The van der Waals surface area contributed by atoms with Gasteiger partial charge in [-0.3, -0.25) is 4.79 Å². The molecule has 19 heavy (non-hydrogen) atoms. The number of hydrogen-bond acceptors (Lipinski definition) is 4. The molecule has 0 aromatic heterocycles. The van der Waals surface area contributed by atoms with E-state index >= 15 is 0 Å². The maximum atomic E-state index is 12.0. The molecule has 2 unspecified atom stereocenters. The number of hydrogen-bond donors (Lipinski definition) is 2. The lowest BCUT2D eigenvalue weighted by molar-refractivity contribution is -0.142. The first kappa shape index (κ1) is 14.5. The minimum Gasteiger partial charge on any atom is -0.481 e. The number of amides is 2. The molecule has 0 aromatic carbocycles. The molecule has 6 nitrogen and oxygen atoms in total. The summed E-state index contributed by atoms with van der Waals surface area (Å²) in [6.07, 6.45) is 4.30. The third kappa shape index (κ3) is 3.14. The number of carboxylic acid groups (broad SMARTS) is 1. The summed E-state index contributed by atoms with van der Waals surface area (Å²) in [6.45, 7) is 1.10. The lowest BCUT2D eigenvalue weighted by Gasteiger charge is -2.27. The molecular formula is C12H20N2O4S. The maximum Gasteiger partial charge on any atom is 0.317 e. The van der Waals surface area contributed by atoms with Gasteiger partial charge >= 0.3 is 12.0 Å². The molecule has 2 atom stereocenters. The predicted octanol–water partition coefficient (Wildman–Crippen LogP) is 0.623. The average molecular weight is 288 g/mol. The van der Waals surface area contributed by atoms with E-state index in [4.69, 9.17) is 9.84 Å². The summed E-state index contributed by atoms with van der Waals surface area (Å²) in [7, 11) is 1.63. The van der Waals surface area contributed by atoms with Gasteiger partial charge in [-0.05, 0) is 19.1 Å². The number of nitrogens with zero attached hydrogens (tertiary/aromatic N) is 1. The average Bonchev–Trinajstić information content (AvgIpc) is 3.01. The Bertz CT molecular complexity index is 373. The first-order valence-electron chi connectivity index (χ1n) is 6.35. The van der Waals surface area contributed by atoms with Crippen LogP contribution in [0.4, 0.5) is 4.79 Å². The molecule has 1 saturated carbocycles. The van der Waals surface area contributed by atoms with E-state index in [1.54, 1.807) is 18.8 Å². The Balaban J connectivity index is 1.86. The summed E-state index contributed by atoms with van der Waals surface area (Å²) in [5, 5.41) is 12.0. The molecule has 2 aliphatic rings. The molecule has 0 radical (unpaired) electrons. The second-order valence-electron chi connectivity index (χ2n) is 5.21. The SMILES string of the molecule is CSC1(CNC(=O)N(C)C2COCC2C(=O)O)CC1. The highest BCUT2D eigenvalue weighted by molar-refractivity contribution is 8.00. The number of carboxylic acids is 1. The van der Waals surface area contributed by atoms with Crippen LogP contribution in [0.25, 0.3) is 0 Å². The standard InChI is InChI=1S/C12H20N2O4S/c1-14(9-6-18-5-8(9)10(15)16)11(17)13-7-12(19-2)3-4-12/h8-9H,3-7H2,1-2H3,(H,13,17)(H,15,16). The van der Waals surface area contributed by atoms with Crippen molar-refractivity contribution < 1.29 is 19.4 Å². The van der Waals surface area contributed by atoms with Crippen molar-refractivity contribution in [1.29, 1.82) is 0 Å². The van der Waals surface area contributed by atoms with Crippen molar-refractivity contribution in [1.82, 2.24) is 10.2 Å². The van der Waals surface area contributed by atoms with Crippen LogP contribution in [0.3, 0.4) is 0 Å². The van der Waals surface area contributed by atoms with Crippen molar-refractivity contribution >= 4 is 23.8 Å². The van der Waals surface area contributed by atoms with Crippen LogP contribution in [0.2, 0.25) is 0 Å². The van der Waals surface area contributed by atoms with Crippen LogP contribution in [0, 0.1) is 5.92 Å². The smallest absolute Gasteiger partial charge is 0.317 e. The van der Waals surface area contributed by atoms with Crippen molar-refractivity contribution in [2.45, 2.75) is 23.6 Å². The van der Waals surface area contributed by atoms with Gasteiger partial charge in [0.1, 0.15) is 5.92 Å². The molecular weight excluding hydrogens is 268 g/mol. The van der Waals surface area contributed by atoms with E-state index in [0.717, 1.165) is 12.8 Å². The van der Waals surface area contributed by atoms with Crippen LogP contribution in [-0.2, 0) is 9.53 Å². The highest BCUT2D eigenvalue weighted by atomic mass is 32.2. The van der Waals surface area contributed by atoms with Gasteiger partial charge in [0.2, 0.25) is 0 Å². The number of aliphatic carboxylic acids is 1. The van der Waals surface area contributed by atoms with E-state index in [2.05, 4.69) is 5.32 Å². The zero-order valence-electron chi connectivity index (χ0n) is 11.2. The van der Waals surface area contributed by atoms with Gasteiger partial charge in [0.05, 0.1) is 19.3 Å². The van der Waals surface area contributed by atoms with Gasteiger partial charge in [-0.2, -0.15) is 11.8 Å². The van der Waals surface area contributed by atoms with E-state index in [1.165, 1.54) is 4.90 Å². The Morgan fingerprint density at radius 1 is 1.47 bits per heavy atom. The van der Waals surface area contributed by atoms with E-state index in [0.29, 0.717) is 6.54 Å². The van der Waals surface area contributed by atoms with Gasteiger partial charge in [-0.15, -0.1) is 0 Å². The number of urea groups is 1. The minimum absolute atomic E-state index is 0.173. The van der Waals surface area contributed by atoms with Gasteiger partial charge in [-0.1, -0.05) is 0 Å². The van der Waals surface area contributed by atoms with Crippen LogP contribution < -0.4 is 5.32 Å². The molecule has 1 aliphatic heterocycles. The maximum absolute atomic E-state index is 12.0. The molecule has 2 N–H and O–H groups in total. The second-order valence-corrected chi connectivity index (χ2v) is 6.48. The lowest BCUT2D eigenvalue weighted by Crippen LogP contribution is -2.49. The molecule has 0 aromatic rings. The Morgan fingerprint density at radius 2 is 2.16 bits per heavy atom. The molecule has 2 rings (SSSR count). The second kappa shape index (κ2) is 5.58.